The van der Waals surface area contributed by atoms with Crippen molar-refractivity contribution in [3.63, 3.8) is 0 Å². The van der Waals surface area contributed by atoms with Gasteiger partial charge in [0.15, 0.2) is 0 Å². The highest BCUT2D eigenvalue weighted by Crippen LogP contribution is 2.11. The molecule has 1 aromatic heterocycles. The first-order valence-corrected chi connectivity index (χ1v) is 3.77. The Balaban J connectivity index is 2.92. The van der Waals surface area contributed by atoms with Gasteiger partial charge in [-0.2, -0.15) is 0 Å². The summed E-state index contributed by atoms with van der Waals surface area (Å²) in [4.78, 5) is 7.98. The largest absolute Gasteiger partial charge is 0.467 e. The van der Waals surface area contributed by atoms with Gasteiger partial charge in [-0.3, -0.25) is 0 Å². The quantitative estimate of drug-likeness (QED) is 0.669. The van der Waals surface area contributed by atoms with Crippen molar-refractivity contribution in [2.24, 2.45) is 0 Å². The molecule has 0 radical (unpaired) electrons. The predicted molar refractivity (Wildman–Crippen MR) is 47.9 cm³/mol. The lowest BCUT2D eigenvalue weighted by molar-refractivity contribution is 0.379. The summed E-state index contributed by atoms with van der Waals surface area (Å²) in [6, 6.07) is 0.405. The van der Waals surface area contributed by atoms with Gasteiger partial charge in [0.05, 0.1) is 7.11 Å². The summed E-state index contributed by atoms with van der Waals surface area (Å²) in [6.45, 7) is 4.00. The van der Waals surface area contributed by atoms with Gasteiger partial charge in [0.25, 0.3) is 0 Å². The van der Waals surface area contributed by atoms with Crippen LogP contribution in [-0.4, -0.2) is 17.1 Å². The summed E-state index contributed by atoms with van der Waals surface area (Å²) in [6.07, 6.45) is 5.52. The predicted octanol–water partition coefficient (Wildman–Crippen LogP) is 1.91. The average molecular weight is 164 g/mol. The minimum atomic E-state index is 0.405. The molecule has 0 aromatic carbocycles. The topological polar surface area (TPSA) is 35.0 Å². The van der Waals surface area contributed by atoms with E-state index in [1.54, 1.807) is 19.5 Å². The minimum absolute atomic E-state index is 0.405. The van der Waals surface area contributed by atoms with Crippen molar-refractivity contribution in [3.8, 4) is 6.01 Å². The molecule has 0 saturated heterocycles. The summed E-state index contributed by atoms with van der Waals surface area (Å²) >= 11 is 0. The zero-order chi connectivity index (χ0) is 8.97. The molecule has 0 aliphatic heterocycles. The van der Waals surface area contributed by atoms with Crippen LogP contribution in [0.1, 0.15) is 19.4 Å². The number of ether oxygens (including phenoxy) is 1. The van der Waals surface area contributed by atoms with Crippen molar-refractivity contribution >= 4 is 5.57 Å². The summed E-state index contributed by atoms with van der Waals surface area (Å²) < 4.78 is 4.84. The Bertz CT molecular complexity index is 277. The number of methoxy groups -OCH3 is 1. The molecule has 0 amide bonds. The smallest absolute Gasteiger partial charge is 0.316 e. The summed E-state index contributed by atoms with van der Waals surface area (Å²) in [7, 11) is 1.55. The van der Waals surface area contributed by atoms with Crippen molar-refractivity contribution in [3.05, 3.63) is 24.0 Å². The second-order valence-electron chi connectivity index (χ2n) is 2.43. The molecule has 0 fully saturated rings. The van der Waals surface area contributed by atoms with Crippen molar-refractivity contribution in [1.82, 2.24) is 9.97 Å². The number of hydrogen-bond acceptors (Lipinski definition) is 3. The zero-order valence-corrected chi connectivity index (χ0v) is 7.53. The van der Waals surface area contributed by atoms with E-state index < -0.39 is 0 Å². The molecular weight excluding hydrogens is 152 g/mol. The van der Waals surface area contributed by atoms with Gasteiger partial charge < -0.3 is 4.74 Å². The molecule has 0 aliphatic carbocycles. The fourth-order valence-electron chi connectivity index (χ4n) is 0.792. The molecule has 12 heavy (non-hydrogen) atoms. The van der Waals surface area contributed by atoms with Gasteiger partial charge in [-0.05, 0) is 19.4 Å². The first-order valence-electron chi connectivity index (χ1n) is 3.77. The van der Waals surface area contributed by atoms with E-state index in [0.717, 1.165) is 11.1 Å². The Morgan fingerprint density at radius 1 is 1.42 bits per heavy atom. The molecule has 0 bridgehead atoms. The molecule has 1 aromatic rings. The van der Waals surface area contributed by atoms with Crippen molar-refractivity contribution in [2.75, 3.05) is 7.11 Å². The highest BCUT2D eigenvalue weighted by atomic mass is 16.5. The highest BCUT2D eigenvalue weighted by Gasteiger charge is 1.96. The van der Waals surface area contributed by atoms with Crippen molar-refractivity contribution in [1.29, 1.82) is 0 Å². The van der Waals surface area contributed by atoms with E-state index in [1.807, 2.05) is 19.9 Å². The molecule has 0 atom stereocenters. The molecule has 3 nitrogen and oxygen atoms in total. The second-order valence-corrected chi connectivity index (χ2v) is 2.43. The van der Waals surface area contributed by atoms with Crippen LogP contribution in [-0.2, 0) is 0 Å². The van der Waals surface area contributed by atoms with E-state index in [1.165, 1.54) is 0 Å². The lowest BCUT2D eigenvalue weighted by Crippen LogP contribution is -1.92. The maximum Gasteiger partial charge on any atom is 0.316 e. The zero-order valence-electron chi connectivity index (χ0n) is 7.53. The van der Waals surface area contributed by atoms with Crippen LogP contribution in [0, 0.1) is 0 Å². The van der Waals surface area contributed by atoms with Crippen LogP contribution in [0.2, 0.25) is 0 Å². The molecule has 0 unspecified atom stereocenters. The van der Waals surface area contributed by atoms with Crippen LogP contribution in [0.3, 0.4) is 0 Å². The molecule has 0 aliphatic rings. The summed E-state index contributed by atoms with van der Waals surface area (Å²) in [5, 5.41) is 0. The minimum Gasteiger partial charge on any atom is -0.467 e. The first kappa shape index (κ1) is 8.71. The van der Waals surface area contributed by atoms with Gasteiger partial charge in [0, 0.05) is 18.0 Å². The summed E-state index contributed by atoms with van der Waals surface area (Å²) in [5.41, 5.74) is 2.19. The number of allylic oxidation sites excluding steroid dienone is 2. The third-order valence-electron chi connectivity index (χ3n) is 1.70. The maximum atomic E-state index is 4.84. The normalized spacial score (nSPS) is 11.4. The fourth-order valence-corrected chi connectivity index (χ4v) is 0.792. The van der Waals surface area contributed by atoms with Crippen LogP contribution in [0.5, 0.6) is 6.01 Å². The monoisotopic (exact) mass is 164 g/mol. The van der Waals surface area contributed by atoms with Crippen molar-refractivity contribution < 1.29 is 4.74 Å². The lowest BCUT2D eigenvalue weighted by atomic mass is 10.1. The standard InChI is InChI=1S/C9H12N2O/c1-4-7(2)8-5-10-9(12-3)11-6-8/h4-6H,1-3H3. The fraction of sp³-hybridized carbons (Fsp3) is 0.333. The Kier molecular flexibility index (Phi) is 2.80. The SMILES string of the molecule is CC=C(C)c1cnc(OC)nc1. The average Bonchev–Trinajstić information content (AvgIpc) is 2.17. The lowest BCUT2D eigenvalue weighted by Gasteiger charge is -2.00. The Hall–Kier alpha value is -1.38. The van der Waals surface area contributed by atoms with E-state index in [2.05, 4.69) is 9.97 Å². The third kappa shape index (κ3) is 1.81. The Morgan fingerprint density at radius 2 is 2.00 bits per heavy atom. The van der Waals surface area contributed by atoms with Gasteiger partial charge >= 0.3 is 6.01 Å². The van der Waals surface area contributed by atoms with E-state index >= 15 is 0 Å². The molecule has 0 saturated carbocycles. The van der Waals surface area contributed by atoms with Gasteiger partial charge in [-0.1, -0.05) is 6.08 Å². The molecular formula is C9H12N2O. The van der Waals surface area contributed by atoms with Crippen LogP contribution in [0.15, 0.2) is 18.5 Å². The van der Waals surface area contributed by atoms with Crippen LogP contribution >= 0.6 is 0 Å². The summed E-state index contributed by atoms with van der Waals surface area (Å²) in [5.74, 6) is 0. The molecule has 1 heterocycles. The number of hydrogen-bond donors (Lipinski definition) is 0. The van der Waals surface area contributed by atoms with Crippen LogP contribution < -0.4 is 4.74 Å². The third-order valence-corrected chi connectivity index (χ3v) is 1.70. The number of nitrogens with zero attached hydrogens (tertiary/aromatic N) is 2. The molecule has 1 rings (SSSR count). The number of rotatable bonds is 2. The first-order chi connectivity index (χ1) is 5.77. The molecule has 0 spiro atoms. The van der Waals surface area contributed by atoms with E-state index in [9.17, 15) is 0 Å². The van der Waals surface area contributed by atoms with E-state index in [4.69, 9.17) is 4.74 Å². The van der Waals surface area contributed by atoms with E-state index in [-0.39, 0.29) is 0 Å². The van der Waals surface area contributed by atoms with Crippen molar-refractivity contribution in [2.45, 2.75) is 13.8 Å². The molecule has 64 valence electrons. The maximum absolute atomic E-state index is 4.84. The van der Waals surface area contributed by atoms with Gasteiger partial charge in [-0.25, -0.2) is 9.97 Å². The van der Waals surface area contributed by atoms with Gasteiger partial charge in [-0.15, -0.1) is 0 Å². The van der Waals surface area contributed by atoms with Crippen LogP contribution in [0.4, 0.5) is 0 Å². The molecule has 0 N–H and O–H groups in total. The Labute approximate surface area is 72.1 Å². The second kappa shape index (κ2) is 3.85. The van der Waals surface area contributed by atoms with E-state index in [0.29, 0.717) is 6.01 Å². The highest BCUT2D eigenvalue weighted by molar-refractivity contribution is 5.61. The Morgan fingerprint density at radius 3 is 2.42 bits per heavy atom. The van der Waals surface area contributed by atoms with Gasteiger partial charge in [0.1, 0.15) is 0 Å². The number of aromatic nitrogens is 2. The molecule has 3 heteroatoms. The van der Waals surface area contributed by atoms with Gasteiger partial charge in [0.2, 0.25) is 0 Å². The van der Waals surface area contributed by atoms with Crippen LogP contribution in [0.25, 0.3) is 5.57 Å².